The van der Waals surface area contributed by atoms with E-state index >= 15 is 0 Å². The van der Waals surface area contributed by atoms with Crippen LogP contribution in [0.2, 0.25) is 0 Å². The summed E-state index contributed by atoms with van der Waals surface area (Å²) < 4.78 is 0. The predicted octanol–water partition coefficient (Wildman–Crippen LogP) is 0.964. The van der Waals surface area contributed by atoms with Crippen molar-refractivity contribution >= 4 is 23.8 Å². The van der Waals surface area contributed by atoms with Gasteiger partial charge in [0.2, 0.25) is 11.8 Å². The minimum atomic E-state index is -0.300. The summed E-state index contributed by atoms with van der Waals surface area (Å²) in [5, 5.41) is 5.07. The summed E-state index contributed by atoms with van der Waals surface area (Å²) in [7, 11) is 0. The average molecular weight is 234 g/mol. The molecule has 0 unspecified atom stereocenters. The summed E-state index contributed by atoms with van der Waals surface area (Å²) in [5.74, 6) is -0.470. The molecule has 90 valence electrons. The van der Waals surface area contributed by atoms with Crippen LogP contribution in [0.15, 0.2) is 24.3 Å². The van der Waals surface area contributed by atoms with Gasteiger partial charge in [-0.25, -0.2) is 0 Å². The second-order valence-electron chi connectivity index (χ2n) is 3.42. The lowest BCUT2D eigenvalue weighted by molar-refractivity contribution is -0.123. The van der Waals surface area contributed by atoms with Gasteiger partial charge in [0.15, 0.2) is 0 Å². The molecule has 0 aliphatic heterocycles. The highest BCUT2D eigenvalue weighted by Gasteiger charge is 2.04. The number of aldehydes is 1. The highest BCUT2D eigenvalue weighted by molar-refractivity contribution is 5.94. The fraction of sp³-hybridized carbons (Fsp3) is 0.250. The first kappa shape index (κ1) is 12.9. The van der Waals surface area contributed by atoms with Crippen molar-refractivity contribution in [1.29, 1.82) is 0 Å². The van der Waals surface area contributed by atoms with Gasteiger partial charge in [-0.3, -0.25) is 14.4 Å². The van der Waals surface area contributed by atoms with Gasteiger partial charge in [0.05, 0.1) is 6.54 Å². The number of anilines is 1. The quantitative estimate of drug-likeness (QED) is 0.745. The summed E-state index contributed by atoms with van der Waals surface area (Å²) in [5.41, 5.74) is 1.13. The average Bonchev–Trinajstić information content (AvgIpc) is 2.36. The standard InChI is InChI=1S/C12H14N2O3/c1-2-11(16)13-7-12(17)14-10-5-3-9(8-15)4-6-10/h3-6,8H,2,7H2,1H3,(H,13,16)(H,14,17). The third-order valence-electron chi connectivity index (χ3n) is 2.10. The number of nitrogens with one attached hydrogen (secondary N) is 2. The molecule has 0 spiro atoms. The van der Waals surface area contributed by atoms with Crippen molar-refractivity contribution < 1.29 is 14.4 Å². The Morgan fingerprint density at radius 2 is 1.82 bits per heavy atom. The van der Waals surface area contributed by atoms with E-state index in [1.165, 1.54) is 0 Å². The number of hydrogen-bond acceptors (Lipinski definition) is 3. The van der Waals surface area contributed by atoms with Gasteiger partial charge in [0.25, 0.3) is 0 Å². The smallest absolute Gasteiger partial charge is 0.243 e. The van der Waals surface area contributed by atoms with Crippen LogP contribution in [-0.4, -0.2) is 24.6 Å². The Balaban J connectivity index is 2.44. The first-order valence-corrected chi connectivity index (χ1v) is 5.27. The zero-order valence-corrected chi connectivity index (χ0v) is 9.53. The highest BCUT2D eigenvalue weighted by atomic mass is 16.2. The Morgan fingerprint density at radius 1 is 1.18 bits per heavy atom. The van der Waals surface area contributed by atoms with Crippen LogP contribution in [0.25, 0.3) is 0 Å². The van der Waals surface area contributed by atoms with Gasteiger partial charge in [0.1, 0.15) is 6.29 Å². The Labute approximate surface area is 99.2 Å². The number of carbonyl (C=O) groups is 3. The maximum absolute atomic E-state index is 11.4. The third kappa shape index (κ3) is 4.46. The molecule has 0 saturated carbocycles. The molecule has 0 heterocycles. The number of amides is 2. The lowest BCUT2D eigenvalue weighted by Crippen LogP contribution is -2.32. The highest BCUT2D eigenvalue weighted by Crippen LogP contribution is 2.07. The summed E-state index contributed by atoms with van der Waals surface area (Å²) in [6.07, 6.45) is 1.08. The van der Waals surface area contributed by atoms with Crippen molar-refractivity contribution in [3.63, 3.8) is 0 Å². The first-order valence-electron chi connectivity index (χ1n) is 5.27. The van der Waals surface area contributed by atoms with Crippen LogP contribution in [0.5, 0.6) is 0 Å². The minimum absolute atomic E-state index is 0.0535. The number of hydrogen-bond donors (Lipinski definition) is 2. The molecule has 0 aromatic heterocycles. The number of carbonyl (C=O) groups excluding carboxylic acids is 3. The molecule has 0 bridgehead atoms. The molecule has 0 aliphatic carbocycles. The maximum Gasteiger partial charge on any atom is 0.243 e. The molecule has 0 atom stereocenters. The SMILES string of the molecule is CCC(=O)NCC(=O)Nc1ccc(C=O)cc1. The monoisotopic (exact) mass is 234 g/mol. The van der Waals surface area contributed by atoms with Crippen molar-refractivity contribution in [3.05, 3.63) is 29.8 Å². The van der Waals surface area contributed by atoms with Crippen LogP contribution >= 0.6 is 0 Å². The molecule has 2 N–H and O–H groups in total. The number of benzene rings is 1. The van der Waals surface area contributed by atoms with Gasteiger partial charge < -0.3 is 10.6 Å². The van der Waals surface area contributed by atoms with Crippen LogP contribution in [-0.2, 0) is 9.59 Å². The normalized spacial score (nSPS) is 9.47. The molecule has 17 heavy (non-hydrogen) atoms. The molecule has 2 amide bonds. The van der Waals surface area contributed by atoms with E-state index in [1.54, 1.807) is 31.2 Å². The molecular formula is C12H14N2O3. The topological polar surface area (TPSA) is 75.3 Å². The molecule has 1 aromatic rings. The largest absolute Gasteiger partial charge is 0.347 e. The van der Waals surface area contributed by atoms with Gasteiger partial charge in [-0.2, -0.15) is 0 Å². The van der Waals surface area contributed by atoms with Crippen LogP contribution in [0, 0.1) is 0 Å². The van der Waals surface area contributed by atoms with E-state index in [1.807, 2.05) is 0 Å². The lowest BCUT2D eigenvalue weighted by atomic mass is 10.2. The van der Waals surface area contributed by atoms with Gasteiger partial charge in [0, 0.05) is 17.7 Å². The summed E-state index contributed by atoms with van der Waals surface area (Å²) in [4.78, 5) is 32.7. The molecule has 0 radical (unpaired) electrons. The zero-order chi connectivity index (χ0) is 12.7. The summed E-state index contributed by atoms with van der Waals surface area (Å²) >= 11 is 0. The molecule has 1 aromatic carbocycles. The number of rotatable bonds is 5. The Kier molecular flexibility index (Phi) is 4.87. The van der Waals surface area contributed by atoms with Crippen molar-refractivity contribution in [1.82, 2.24) is 5.32 Å². The van der Waals surface area contributed by atoms with E-state index in [9.17, 15) is 14.4 Å². The van der Waals surface area contributed by atoms with E-state index in [0.29, 0.717) is 17.7 Å². The Morgan fingerprint density at radius 3 is 2.35 bits per heavy atom. The van der Waals surface area contributed by atoms with Crippen molar-refractivity contribution in [2.24, 2.45) is 0 Å². The van der Waals surface area contributed by atoms with E-state index < -0.39 is 0 Å². The van der Waals surface area contributed by atoms with Crippen LogP contribution in [0.1, 0.15) is 23.7 Å². The van der Waals surface area contributed by atoms with Crippen molar-refractivity contribution in [2.45, 2.75) is 13.3 Å². The van der Waals surface area contributed by atoms with E-state index in [0.717, 1.165) is 6.29 Å². The third-order valence-corrected chi connectivity index (χ3v) is 2.10. The molecular weight excluding hydrogens is 220 g/mol. The molecule has 5 nitrogen and oxygen atoms in total. The van der Waals surface area contributed by atoms with Gasteiger partial charge in [-0.15, -0.1) is 0 Å². The van der Waals surface area contributed by atoms with Crippen LogP contribution in [0.4, 0.5) is 5.69 Å². The van der Waals surface area contributed by atoms with E-state index in [4.69, 9.17) is 0 Å². The lowest BCUT2D eigenvalue weighted by Gasteiger charge is -2.06. The molecule has 0 fully saturated rings. The molecule has 0 saturated heterocycles. The second kappa shape index (κ2) is 6.42. The van der Waals surface area contributed by atoms with Crippen molar-refractivity contribution in [3.8, 4) is 0 Å². The maximum atomic E-state index is 11.4. The van der Waals surface area contributed by atoms with Crippen LogP contribution < -0.4 is 10.6 Å². The summed E-state index contributed by atoms with van der Waals surface area (Å²) in [6, 6.07) is 6.47. The Hall–Kier alpha value is -2.17. The van der Waals surface area contributed by atoms with Gasteiger partial charge >= 0.3 is 0 Å². The fourth-order valence-electron chi connectivity index (χ4n) is 1.15. The second-order valence-corrected chi connectivity index (χ2v) is 3.42. The Bertz CT molecular complexity index is 412. The predicted molar refractivity (Wildman–Crippen MR) is 63.8 cm³/mol. The van der Waals surface area contributed by atoms with Crippen LogP contribution in [0.3, 0.4) is 0 Å². The summed E-state index contributed by atoms with van der Waals surface area (Å²) in [6.45, 7) is 1.66. The molecule has 5 heteroatoms. The fourth-order valence-corrected chi connectivity index (χ4v) is 1.15. The van der Waals surface area contributed by atoms with Gasteiger partial charge in [-0.05, 0) is 24.3 Å². The minimum Gasteiger partial charge on any atom is -0.347 e. The zero-order valence-electron chi connectivity index (χ0n) is 9.53. The molecule has 1 rings (SSSR count). The first-order chi connectivity index (χ1) is 8.15. The van der Waals surface area contributed by atoms with E-state index in [2.05, 4.69) is 10.6 Å². The van der Waals surface area contributed by atoms with Gasteiger partial charge in [-0.1, -0.05) is 6.92 Å². The van der Waals surface area contributed by atoms with E-state index in [-0.39, 0.29) is 18.4 Å². The van der Waals surface area contributed by atoms with Crippen molar-refractivity contribution in [2.75, 3.05) is 11.9 Å². The molecule has 0 aliphatic rings.